The lowest BCUT2D eigenvalue weighted by molar-refractivity contribution is -0.384. The van der Waals surface area contributed by atoms with Crippen molar-refractivity contribution in [2.75, 3.05) is 0 Å². The van der Waals surface area contributed by atoms with Gasteiger partial charge in [-0.25, -0.2) is 0 Å². The van der Waals surface area contributed by atoms with Crippen molar-refractivity contribution in [3.8, 4) is 11.3 Å². The number of carboxylic acids is 1. The number of nitrogens with zero attached hydrogens (tertiary/aromatic N) is 1. The van der Waals surface area contributed by atoms with Crippen LogP contribution in [0.3, 0.4) is 0 Å². The number of furan rings is 1. The number of nitrogens with two attached hydrogens (primary N) is 1. The Bertz CT molecular complexity index is 650. The third-order valence-corrected chi connectivity index (χ3v) is 2.74. The van der Waals surface area contributed by atoms with Gasteiger partial charge in [-0.1, -0.05) is 12.1 Å². The number of rotatable bonds is 5. The van der Waals surface area contributed by atoms with Crippen LogP contribution in [0.25, 0.3) is 11.3 Å². The molecule has 0 bridgehead atoms. The zero-order chi connectivity index (χ0) is 14.7. The molecule has 1 unspecified atom stereocenters. The fourth-order valence-electron chi connectivity index (χ4n) is 1.72. The number of aliphatic carboxylic acids is 1. The number of hydrogen-bond acceptors (Lipinski definition) is 5. The molecule has 0 aliphatic heterocycles. The molecular weight excluding hydrogens is 264 g/mol. The smallest absolute Gasteiger partial charge is 0.320 e. The van der Waals surface area contributed by atoms with Gasteiger partial charge in [-0.3, -0.25) is 14.9 Å². The minimum Gasteiger partial charge on any atom is -0.480 e. The second-order valence-electron chi connectivity index (χ2n) is 4.22. The number of carbonyl (C=O) groups is 1. The van der Waals surface area contributed by atoms with Gasteiger partial charge >= 0.3 is 5.97 Å². The van der Waals surface area contributed by atoms with Crippen LogP contribution in [0.5, 0.6) is 0 Å². The standard InChI is InChI=1S/C13H12N2O5/c14-11(13(16)17)7-10-4-5-12(20-10)8-2-1-3-9(6-8)15(18)19/h1-6,11H,7,14H2,(H,16,17). The lowest BCUT2D eigenvalue weighted by Crippen LogP contribution is -2.32. The molecule has 7 nitrogen and oxygen atoms in total. The number of hydrogen-bond donors (Lipinski definition) is 2. The summed E-state index contributed by atoms with van der Waals surface area (Å²) in [7, 11) is 0. The van der Waals surface area contributed by atoms with Gasteiger partial charge in [-0.2, -0.15) is 0 Å². The lowest BCUT2D eigenvalue weighted by Gasteiger charge is -2.03. The fraction of sp³-hybridized carbons (Fsp3) is 0.154. The van der Waals surface area contributed by atoms with E-state index in [0.717, 1.165) is 0 Å². The summed E-state index contributed by atoms with van der Waals surface area (Å²) >= 11 is 0. The van der Waals surface area contributed by atoms with Gasteiger partial charge in [0.2, 0.25) is 0 Å². The maximum atomic E-state index is 10.7. The molecule has 0 fully saturated rings. The Morgan fingerprint density at radius 1 is 1.40 bits per heavy atom. The molecule has 1 aromatic heterocycles. The van der Waals surface area contributed by atoms with E-state index in [1.807, 2.05) is 0 Å². The first kappa shape index (κ1) is 13.8. The molecule has 0 saturated heterocycles. The quantitative estimate of drug-likeness (QED) is 0.634. The Morgan fingerprint density at radius 2 is 2.15 bits per heavy atom. The van der Waals surface area contributed by atoms with E-state index in [2.05, 4.69) is 0 Å². The Morgan fingerprint density at radius 3 is 2.80 bits per heavy atom. The summed E-state index contributed by atoms with van der Waals surface area (Å²) in [6.45, 7) is 0. The number of nitro groups is 1. The number of carboxylic acid groups (broad SMARTS) is 1. The molecule has 20 heavy (non-hydrogen) atoms. The first-order chi connectivity index (χ1) is 9.47. The zero-order valence-electron chi connectivity index (χ0n) is 10.4. The van der Waals surface area contributed by atoms with Gasteiger partial charge in [0.05, 0.1) is 4.92 Å². The van der Waals surface area contributed by atoms with Crippen molar-refractivity contribution in [3.05, 3.63) is 52.3 Å². The largest absolute Gasteiger partial charge is 0.480 e. The lowest BCUT2D eigenvalue weighted by atomic mass is 10.1. The molecule has 7 heteroatoms. The Balaban J connectivity index is 2.22. The molecule has 0 aliphatic rings. The summed E-state index contributed by atoms with van der Waals surface area (Å²) in [6.07, 6.45) is 0.0598. The maximum Gasteiger partial charge on any atom is 0.320 e. The molecule has 1 aromatic carbocycles. The highest BCUT2D eigenvalue weighted by Crippen LogP contribution is 2.26. The topological polar surface area (TPSA) is 120 Å². The molecule has 1 atom stereocenters. The highest BCUT2D eigenvalue weighted by molar-refractivity contribution is 5.73. The Kier molecular flexibility index (Phi) is 3.81. The first-order valence-corrected chi connectivity index (χ1v) is 5.79. The normalized spacial score (nSPS) is 12.1. The van der Waals surface area contributed by atoms with Gasteiger partial charge in [0, 0.05) is 24.1 Å². The zero-order valence-corrected chi connectivity index (χ0v) is 10.4. The van der Waals surface area contributed by atoms with Crippen LogP contribution in [-0.2, 0) is 11.2 Å². The second kappa shape index (κ2) is 5.54. The van der Waals surface area contributed by atoms with Crippen molar-refractivity contribution in [2.45, 2.75) is 12.5 Å². The SMILES string of the molecule is NC(Cc1ccc(-c2cccc([N+](=O)[O-])c2)o1)C(=O)O. The molecule has 3 N–H and O–H groups in total. The molecular formula is C13H12N2O5. The van der Waals surface area contributed by atoms with Gasteiger partial charge < -0.3 is 15.3 Å². The van der Waals surface area contributed by atoms with E-state index in [0.29, 0.717) is 17.1 Å². The average Bonchev–Trinajstić information content (AvgIpc) is 2.87. The minimum atomic E-state index is -1.11. The van der Waals surface area contributed by atoms with Gasteiger partial charge in [0.25, 0.3) is 5.69 Å². The van der Waals surface area contributed by atoms with Crippen LogP contribution in [0, 0.1) is 10.1 Å². The minimum absolute atomic E-state index is 0.0392. The molecule has 2 rings (SSSR count). The van der Waals surface area contributed by atoms with Gasteiger partial charge in [-0.15, -0.1) is 0 Å². The highest BCUT2D eigenvalue weighted by Gasteiger charge is 2.15. The predicted molar refractivity (Wildman–Crippen MR) is 70.1 cm³/mol. The van der Waals surface area contributed by atoms with E-state index < -0.39 is 16.9 Å². The van der Waals surface area contributed by atoms with Crippen molar-refractivity contribution in [1.82, 2.24) is 0 Å². The second-order valence-corrected chi connectivity index (χ2v) is 4.22. The summed E-state index contributed by atoms with van der Waals surface area (Å²) in [4.78, 5) is 20.9. The fourth-order valence-corrected chi connectivity index (χ4v) is 1.72. The summed E-state index contributed by atoms with van der Waals surface area (Å²) in [5, 5.41) is 19.4. The molecule has 0 amide bonds. The number of non-ortho nitro benzene ring substituents is 1. The van der Waals surface area contributed by atoms with Crippen LogP contribution in [0.2, 0.25) is 0 Å². The molecule has 104 valence electrons. The Labute approximate surface area is 113 Å². The van der Waals surface area contributed by atoms with Crippen LogP contribution in [-0.4, -0.2) is 22.0 Å². The van der Waals surface area contributed by atoms with Crippen molar-refractivity contribution >= 4 is 11.7 Å². The summed E-state index contributed by atoms with van der Waals surface area (Å²) in [5.74, 6) is -0.263. The van der Waals surface area contributed by atoms with Crippen molar-refractivity contribution in [1.29, 1.82) is 0 Å². The van der Waals surface area contributed by atoms with Gasteiger partial charge in [0.15, 0.2) is 0 Å². The summed E-state index contributed by atoms with van der Waals surface area (Å²) < 4.78 is 5.46. The van der Waals surface area contributed by atoms with Crippen LogP contribution in [0.1, 0.15) is 5.76 Å². The van der Waals surface area contributed by atoms with E-state index in [9.17, 15) is 14.9 Å². The molecule has 0 aliphatic carbocycles. The van der Waals surface area contributed by atoms with Crippen LogP contribution in [0.15, 0.2) is 40.8 Å². The molecule has 1 heterocycles. The van der Waals surface area contributed by atoms with Crippen LogP contribution in [0.4, 0.5) is 5.69 Å². The van der Waals surface area contributed by atoms with Crippen molar-refractivity contribution in [2.24, 2.45) is 5.73 Å². The molecule has 0 spiro atoms. The first-order valence-electron chi connectivity index (χ1n) is 5.79. The summed E-state index contributed by atoms with van der Waals surface area (Å²) in [6, 6.07) is 8.19. The van der Waals surface area contributed by atoms with E-state index in [1.165, 1.54) is 12.1 Å². The van der Waals surface area contributed by atoms with Crippen molar-refractivity contribution < 1.29 is 19.2 Å². The van der Waals surface area contributed by atoms with Crippen molar-refractivity contribution in [3.63, 3.8) is 0 Å². The number of benzene rings is 1. The van der Waals surface area contributed by atoms with E-state index >= 15 is 0 Å². The third-order valence-electron chi connectivity index (χ3n) is 2.74. The van der Waals surface area contributed by atoms with Crippen LogP contribution >= 0.6 is 0 Å². The van der Waals surface area contributed by atoms with Gasteiger partial charge in [-0.05, 0) is 12.1 Å². The monoisotopic (exact) mass is 276 g/mol. The third kappa shape index (κ3) is 3.01. The average molecular weight is 276 g/mol. The maximum absolute atomic E-state index is 10.7. The van der Waals surface area contributed by atoms with Gasteiger partial charge in [0.1, 0.15) is 17.6 Å². The van der Waals surface area contributed by atoms with E-state index in [4.69, 9.17) is 15.3 Å². The number of nitro benzene ring substituents is 1. The predicted octanol–water partition coefficient (Wildman–Crippen LogP) is 1.81. The van der Waals surface area contributed by atoms with Crippen LogP contribution < -0.4 is 5.73 Å². The van der Waals surface area contributed by atoms with E-state index in [-0.39, 0.29) is 12.1 Å². The molecule has 0 radical (unpaired) electrons. The highest BCUT2D eigenvalue weighted by atomic mass is 16.6. The molecule has 0 saturated carbocycles. The summed E-state index contributed by atoms with van der Waals surface area (Å²) in [5.41, 5.74) is 5.92. The Hall–Kier alpha value is -2.67. The molecule has 2 aromatic rings. The van der Waals surface area contributed by atoms with E-state index in [1.54, 1.807) is 24.3 Å².